The third-order valence-electron chi connectivity index (χ3n) is 3.28. The summed E-state index contributed by atoms with van der Waals surface area (Å²) in [6, 6.07) is 14.3. The van der Waals surface area contributed by atoms with E-state index in [4.69, 9.17) is 0 Å². The highest BCUT2D eigenvalue weighted by Crippen LogP contribution is 2.20. The zero-order chi connectivity index (χ0) is 16.9. The number of anilines is 1. The van der Waals surface area contributed by atoms with E-state index in [1.165, 1.54) is 17.8 Å². The van der Waals surface area contributed by atoms with Crippen molar-refractivity contribution in [3.05, 3.63) is 66.2 Å². The molecule has 0 aliphatic rings. The Labute approximate surface area is 142 Å². The third-order valence-corrected chi connectivity index (χ3v) is 4.22. The van der Waals surface area contributed by atoms with Crippen LogP contribution in [0.15, 0.2) is 60.0 Å². The molecule has 1 N–H and O–H groups in total. The van der Waals surface area contributed by atoms with E-state index in [2.05, 4.69) is 15.5 Å². The van der Waals surface area contributed by atoms with Gasteiger partial charge in [-0.05, 0) is 36.8 Å². The molecular weight excluding hydrogens is 327 g/mol. The molecule has 0 aliphatic carbocycles. The Bertz CT molecular complexity index is 851. The Kier molecular flexibility index (Phi) is 4.90. The van der Waals surface area contributed by atoms with Gasteiger partial charge in [0.2, 0.25) is 5.91 Å². The number of aryl methyl sites for hydroxylation is 1. The molecule has 1 heterocycles. The first-order valence-corrected chi connectivity index (χ1v) is 8.26. The molecule has 0 atom stereocenters. The number of carbonyl (C=O) groups excluding carboxylic acids is 1. The molecule has 0 fully saturated rings. The van der Waals surface area contributed by atoms with Crippen molar-refractivity contribution in [1.82, 2.24) is 14.8 Å². The normalized spacial score (nSPS) is 10.6. The minimum Gasteiger partial charge on any atom is -0.323 e. The summed E-state index contributed by atoms with van der Waals surface area (Å²) in [5.74, 6) is -0.634. The van der Waals surface area contributed by atoms with Crippen LogP contribution in [0.25, 0.3) is 5.69 Å². The van der Waals surface area contributed by atoms with Crippen molar-refractivity contribution in [3.8, 4) is 5.69 Å². The number of nitrogens with zero attached hydrogens (tertiary/aromatic N) is 3. The second kappa shape index (κ2) is 7.27. The van der Waals surface area contributed by atoms with E-state index in [9.17, 15) is 9.18 Å². The van der Waals surface area contributed by atoms with Gasteiger partial charge >= 0.3 is 0 Å². The molecule has 0 saturated heterocycles. The van der Waals surface area contributed by atoms with Gasteiger partial charge in [-0.1, -0.05) is 36.0 Å². The van der Waals surface area contributed by atoms with E-state index in [1.54, 1.807) is 30.0 Å². The third kappa shape index (κ3) is 3.80. The molecule has 3 aromatic rings. The van der Waals surface area contributed by atoms with Crippen LogP contribution in [0.5, 0.6) is 0 Å². The fraction of sp³-hybridized carbons (Fsp3) is 0.118. The topological polar surface area (TPSA) is 59.8 Å². The van der Waals surface area contributed by atoms with Gasteiger partial charge in [0.1, 0.15) is 12.1 Å². The maximum atomic E-state index is 13.8. The summed E-state index contributed by atoms with van der Waals surface area (Å²) in [4.78, 5) is 12.0. The first-order valence-electron chi connectivity index (χ1n) is 7.28. The fourth-order valence-corrected chi connectivity index (χ4v) is 2.86. The van der Waals surface area contributed by atoms with Crippen molar-refractivity contribution in [3.63, 3.8) is 0 Å². The summed E-state index contributed by atoms with van der Waals surface area (Å²) in [6.45, 7) is 1.79. The molecule has 3 rings (SSSR count). The molecule has 2 aromatic carbocycles. The van der Waals surface area contributed by atoms with Crippen LogP contribution < -0.4 is 5.32 Å². The number of benzene rings is 2. The second-order valence-electron chi connectivity index (χ2n) is 5.14. The van der Waals surface area contributed by atoms with Gasteiger partial charge in [0, 0.05) is 5.69 Å². The maximum absolute atomic E-state index is 13.8. The van der Waals surface area contributed by atoms with Crippen LogP contribution in [0.1, 0.15) is 5.56 Å². The van der Waals surface area contributed by atoms with E-state index in [1.807, 2.05) is 30.3 Å². The highest BCUT2D eigenvalue weighted by Gasteiger charge is 2.11. The number of nitrogens with one attached hydrogen (secondary N) is 1. The molecule has 1 amide bonds. The van der Waals surface area contributed by atoms with Gasteiger partial charge in [0.05, 0.1) is 11.4 Å². The molecule has 1 aromatic heterocycles. The number of aromatic nitrogens is 3. The first kappa shape index (κ1) is 16.2. The van der Waals surface area contributed by atoms with Crippen LogP contribution in [0, 0.1) is 12.7 Å². The lowest BCUT2D eigenvalue weighted by Gasteiger charge is -2.08. The van der Waals surface area contributed by atoms with E-state index in [0.717, 1.165) is 11.3 Å². The number of rotatable bonds is 5. The van der Waals surface area contributed by atoms with Gasteiger partial charge in [-0.3, -0.25) is 9.36 Å². The highest BCUT2D eigenvalue weighted by molar-refractivity contribution is 7.99. The summed E-state index contributed by atoms with van der Waals surface area (Å²) in [6.07, 6.45) is 1.59. The van der Waals surface area contributed by atoms with E-state index < -0.39 is 5.82 Å². The van der Waals surface area contributed by atoms with Crippen LogP contribution in [0.4, 0.5) is 10.1 Å². The molecule has 0 bridgehead atoms. The lowest BCUT2D eigenvalue weighted by molar-refractivity contribution is -0.113. The molecule has 7 heteroatoms. The van der Waals surface area contributed by atoms with Gasteiger partial charge in [0.15, 0.2) is 5.16 Å². The standard InChI is InChI=1S/C17H15FN4OS/c1-12-7-8-15(14(18)9-12)20-16(23)10-24-17-21-19-11-22(17)13-5-3-2-4-6-13/h2-9,11H,10H2,1H3,(H,20,23). The summed E-state index contributed by atoms with van der Waals surface area (Å²) in [5.41, 5.74) is 1.89. The Morgan fingerprint density at radius 3 is 2.79 bits per heavy atom. The zero-order valence-electron chi connectivity index (χ0n) is 12.9. The molecule has 0 unspecified atom stereocenters. The lowest BCUT2D eigenvalue weighted by Crippen LogP contribution is -2.15. The Morgan fingerprint density at radius 2 is 2.04 bits per heavy atom. The quantitative estimate of drug-likeness (QED) is 0.722. The van der Waals surface area contributed by atoms with Crippen molar-refractivity contribution in [1.29, 1.82) is 0 Å². The lowest BCUT2D eigenvalue weighted by atomic mass is 10.2. The van der Waals surface area contributed by atoms with Crippen LogP contribution in [-0.2, 0) is 4.79 Å². The number of hydrogen-bond acceptors (Lipinski definition) is 4. The fourth-order valence-electron chi connectivity index (χ4n) is 2.13. The van der Waals surface area contributed by atoms with Crippen molar-refractivity contribution < 1.29 is 9.18 Å². The molecule has 24 heavy (non-hydrogen) atoms. The van der Waals surface area contributed by atoms with Gasteiger partial charge in [-0.15, -0.1) is 10.2 Å². The molecular formula is C17H15FN4OS. The van der Waals surface area contributed by atoms with Gasteiger partial charge in [-0.25, -0.2) is 4.39 Å². The second-order valence-corrected chi connectivity index (χ2v) is 6.08. The van der Waals surface area contributed by atoms with E-state index in [0.29, 0.717) is 5.16 Å². The van der Waals surface area contributed by atoms with Crippen molar-refractivity contribution in [2.75, 3.05) is 11.1 Å². The summed E-state index contributed by atoms with van der Waals surface area (Å²) in [5, 5.41) is 11.1. The van der Waals surface area contributed by atoms with Crippen LogP contribution in [-0.4, -0.2) is 26.4 Å². The molecule has 122 valence electrons. The number of thioether (sulfide) groups is 1. The number of hydrogen-bond donors (Lipinski definition) is 1. The Hall–Kier alpha value is -2.67. The van der Waals surface area contributed by atoms with Crippen LogP contribution in [0.3, 0.4) is 0 Å². The van der Waals surface area contributed by atoms with Gasteiger partial charge in [0.25, 0.3) is 0 Å². The molecule has 0 saturated carbocycles. The predicted octanol–water partition coefficient (Wildman–Crippen LogP) is 3.45. The number of para-hydroxylation sites is 1. The van der Waals surface area contributed by atoms with E-state index >= 15 is 0 Å². The minimum atomic E-state index is -0.444. The van der Waals surface area contributed by atoms with Gasteiger partial charge < -0.3 is 5.32 Å². The highest BCUT2D eigenvalue weighted by atomic mass is 32.2. The Balaban J connectivity index is 1.64. The smallest absolute Gasteiger partial charge is 0.234 e. The van der Waals surface area contributed by atoms with Crippen LogP contribution >= 0.6 is 11.8 Å². The molecule has 0 aliphatic heterocycles. The van der Waals surface area contributed by atoms with Crippen molar-refractivity contribution >= 4 is 23.4 Å². The molecule has 5 nitrogen and oxygen atoms in total. The number of carbonyl (C=O) groups is 1. The number of amides is 1. The van der Waals surface area contributed by atoms with Gasteiger partial charge in [-0.2, -0.15) is 0 Å². The Morgan fingerprint density at radius 1 is 1.25 bits per heavy atom. The zero-order valence-corrected chi connectivity index (χ0v) is 13.8. The largest absolute Gasteiger partial charge is 0.323 e. The molecule has 0 radical (unpaired) electrons. The monoisotopic (exact) mass is 342 g/mol. The average molecular weight is 342 g/mol. The van der Waals surface area contributed by atoms with Crippen molar-refractivity contribution in [2.45, 2.75) is 12.1 Å². The van der Waals surface area contributed by atoms with Crippen LogP contribution in [0.2, 0.25) is 0 Å². The predicted molar refractivity (Wildman–Crippen MR) is 91.8 cm³/mol. The summed E-state index contributed by atoms with van der Waals surface area (Å²) < 4.78 is 15.6. The van der Waals surface area contributed by atoms with E-state index in [-0.39, 0.29) is 17.3 Å². The molecule has 0 spiro atoms. The summed E-state index contributed by atoms with van der Waals surface area (Å²) in [7, 11) is 0. The first-order chi connectivity index (χ1) is 11.6. The maximum Gasteiger partial charge on any atom is 0.234 e. The average Bonchev–Trinajstić information content (AvgIpc) is 3.05. The SMILES string of the molecule is Cc1ccc(NC(=O)CSc2nncn2-c2ccccc2)c(F)c1. The minimum absolute atomic E-state index is 0.110. The summed E-state index contributed by atoms with van der Waals surface area (Å²) >= 11 is 1.24. The van der Waals surface area contributed by atoms with Crippen molar-refractivity contribution in [2.24, 2.45) is 0 Å². The number of halogens is 1.